The van der Waals surface area contributed by atoms with E-state index >= 15 is 0 Å². The third-order valence-corrected chi connectivity index (χ3v) is 4.51. The average molecular weight is 466 g/mol. The normalized spacial score (nSPS) is 11.2. The summed E-state index contributed by atoms with van der Waals surface area (Å²) in [5.74, 6) is 0.220. The van der Waals surface area contributed by atoms with Gasteiger partial charge in [0.15, 0.2) is 0 Å². The summed E-state index contributed by atoms with van der Waals surface area (Å²) >= 11 is 3.42. The molecule has 0 fully saturated rings. The van der Waals surface area contributed by atoms with Crippen molar-refractivity contribution >= 4 is 28.0 Å². The number of nitrogens with one attached hydrogen (secondary N) is 1. The highest BCUT2D eigenvalue weighted by molar-refractivity contribution is 9.10. The van der Waals surface area contributed by atoms with Crippen LogP contribution in [-0.4, -0.2) is 46.2 Å². The quantitative estimate of drug-likeness (QED) is 0.598. The third kappa shape index (κ3) is 6.88. The van der Waals surface area contributed by atoms with Gasteiger partial charge < -0.3 is 19.4 Å². The second kappa shape index (κ2) is 9.91. The number of nitrogens with zero attached hydrogens (tertiary/aromatic N) is 2. The van der Waals surface area contributed by atoms with Gasteiger partial charge in [-0.1, -0.05) is 35.0 Å². The number of amides is 1. The summed E-state index contributed by atoms with van der Waals surface area (Å²) in [5, 5.41) is 0. The number of H-pyrrole nitrogens is 1. The van der Waals surface area contributed by atoms with Gasteiger partial charge in [0.25, 0.3) is 0 Å². The summed E-state index contributed by atoms with van der Waals surface area (Å²) in [4.78, 5) is 33.9. The Morgan fingerprint density at radius 2 is 1.86 bits per heavy atom. The van der Waals surface area contributed by atoms with Gasteiger partial charge in [-0.25, -0.2) is 9.78 Å². The molecular formula is C21H28BrN3O4. The minimum absolute atomic E-state index is 0.0646. The van der Waals surface area contributed by atoms with E-state index in [0.29, 0.717) is 23.8 Å². The van der Waals surface area contributed by atoms with Gasteiger partial charge >= 0.3 is 12.1 Å². The number of aromatic amines is 1. The molecular weight excluding hydrogens is 438 g/mol. The molecule has 1 aromatic carbocycles. The Morgan fingerprint density at radius 3 is 2.41 bits per heavy atom. The molecule has 0 aliphatic heterocycles. The van der Waals surface area contributed by atoms with Crippen LogP contribution in [0.5, 0.6) is 0 Å². The van der Waals surface area contributed by atoms with Crippen LogP contribution < -0.4 is 0 Å². The fraction of sp³-hybridized carbons (Fsp3) is 0.476. The van der Waals surface area contributed by atoms with E-state index in [2.05, 4.69) is 25.9 Å². The molecule has 0 aliphatic carbocycles. The Labute approximate surface area is 179 Å². The maximum Gasteiger partial charge on any atom is 0.410 e. The Kier molecular flexibility index (Phi) is 7.84. The van der Waals surface area contributed by atoms with E-state index in [0.717, 1.165) is 16.5 Å². The number of rotatable bonds is 7. The first-order chi connectivity index (χ1) is 13.6. The number of imidazole rings is 1. The summed E-state index contributed by atoms with van der Waals surface area (Å²) in [7, 11) is 1.35. The lowest BCUT2D eigenvalue weighted by molar-refractivity contribution is -0.139. The van der Waals surface area contributed by atoms with Crippen LogP contribution in [0.1, 0.15) is 45.6 Å². The van der Waals surface area contributed by atoms with E-state index < -0.39 is 11.7 Å². The number of methoxy groups -OCH3 is 1. The van der Waals surface area contributed by atoms with Gasteiger partial charge in [-0.05, 0) is 39.3 Å². The molecule has 0 saturated heterocycles. The first kappa shape index (κ1) is 22.9. The van der Waals surface area contributed by atoms with Crippen LogP contribution >= 0.6 is 15.9 Å². The fourth-order valence-electron chi connectivity index (χ4n) is 2.74. The molecule has 0 saturated carbocycles. The van der Waals surface area contributed by atoms with Crippen LogP contribution in [0, 0.1) is 0 Å². The number of aromatic nitrogens is 2. The summed E-state index contributed by atoms with van der Waals surface area (Å²) in [6.45, 7) is 8.30. The summed E-state index contributed by atoms with van der Waals surface area (Å²) in [6.07, 6.45) is 0.458. The van der Waals surface area contributed by atoms with E-state index in [-0.39, 0.29) is 18.9 Å². The van der Waals surface area contributed by atoms with Crippen LogP contribution in [0.2, 0.25) is 0 Å². The number of carbonyl (C=O) groups excluding carboxylic acids is 2. The lowest BCUT2D eigenvalue weighted by Gasteiger charge is -2.26. The van der Waals surface area contributed by atoms with E-state index in [1.54, 1.807) is 4.90 Å². The van der Waals surface area contributed by atoms with E-state index in [9.17, 15) is 9.59 Å². The van der Waals surface area contributed by atoms with Crippen LogP contribution in [0.4, 0.5) is 4.79 Å². The Balaban J connectivity index is 2.33. The molecule has 0 spiro atoms. The molecule has 0 atom stereocenters. The summed E-state index contributed by atoms with van der Waals surface area (Å²) in [6, 6.07) is 7.66. The molecule has 2 aromatic rings. The van der Waals surface area contributed by atoms with Crippen molar-refractivity contribution in [3.05, 3.63) is 40.3 Å². The Hall–Kier alpha value is -2.35. The number of hydrogen-bond acceptors (Lipinski definition) is 5. The standard InChI is InChI=1S/C21H28BrN3O4/c1-6-11-25(20(27)29-21(2,3)4)13-17-23-16(12-18(26)28-5)19(24-17)14-7-9-15(22)10-8-14/h7-10H,6,11-13H2,1-5H3,(H,23,24). The fourth-order valence-corrected chi connectivity index (χ4v) is 3.01. The smallest absolute Gasteiger partial charge is 0.410 e. The molecule has 0 radical (unpaired) electrons. The SMILES string of the molecule is CCCN(Cc1nc(-c2ccc(Br)cc2)c(CC(=O)OC)[nH]1)C(=O)OC(C)(C)C. The molecule has 2 rings (SSSR count). The monoisotopic (exact) mass is 465 g/mol. The molecule has 8 heteroatoms. The number of ether oxygens (including phenoxy) is 2. The number of halogens is 1. The van der Waals surface area contributed by atoms with Crippen LogP contribution in [0.25, 0.3) is 11.3 Å². The van der Waals surface area contributed by atoms with Crippen molar-refractivity contribution in [1.29, 1.82) is 0 Å². The molecule has 0 aliphatic rings. The molecule has 1 aromatic heterocycles. The van der Waals surface area contributed by atoms with Crippen molar-refractivity contribution in [1.82, 2.24) is 14.9 Å². The predicted octanol–water partition coefficient (Wildman–Crippen LogP) is 4.70. The van der Waals surface area contributed by atoms with Crippen molar-refractivity contribution in [2.45, 2.75) is 52.7 Å². The van der Waals surface area contributed by atoms with Gasteiger partial charge in [0.1, 0.15) is 11.4 Å². The van der Waals surface area contributed by atoms with E-state index in [1.165, 1.54) is 7.11 Å². The maximum atomic E-state index is 12.6. The zero-order chi connectivity index (χ0) is 21.6. The molecule has 1 heterocycles. The molecule has 0 unspecified atom stereocenters. The lowest BCUT2D eigenvalue weighted by atomic mass is 10.1. The highest BCUT2D eigenvalue weighted by Gasteiger charge is 2.24. The second-order valence-corrected chi connectivity index (χ2v) is 8.59. The lowest BCUT2D eigenvalue weighted by Crippen LogP contribution is -2.37. The average Bonchev–Trinajstić information content (AvgIpc) is 3.02. The van der Waals surface area contributed by atoms with Gasteiger partial charge in [-0.2, -0.15) is 0 Å². The molecule has 0 bridgehead atoms. The predicted molar refractivity (Wildman–Crippen MR) is 114 cm³/mol. The second-order valence-electron chi connectivity index (χ2n) is 7.67. The molecule has 1 amide bonds. The van der Waals surface area contributed by atoms with Gasteiger partial charge in [-0.15, -0.1) is 0 Å². The van der Waals surface area contributed by atoms with Gasteiger partial charge in [0.2, 0.25) is 0 Å². The van der Waals surface area contributed by atoms with Gasteiger partial charge in [-0.3, -0.25) is 4.79 Å². The number of hydrogen-bond donors (Lipinski definition) is 1. The molecule has 7 nitrogen and oxygen atoms in total. The number of benzene rings is 1. The first-order valence-electron chi connectivity index (χ1n) is 9.51. The van der Waals surface area contributed by atoms with Crippen LogP contribution in [-0.2, 0) is 27.2 Å². The zero-order valence-corrected chi connectivity index (χ0v) is 19.1. The van der Waals surface area contributed by atoms with Crippen molar-refractivity contribution < 1.29 is 19.1 Å². The van der Waals surface area contributed by atoms with Crippen molar-refractivity contribution in [3.8, 4) is 11.3 Å². The van der Waals surface area contributed by atoms with Crippen LogP contribution in [0.3, 0.4) is 0 Å². The number of esters is 1. The van der Waals surface area contributed by atoms with Crippen molar-refractivity contribution in [2.24, 2.45) is 0 Å². The molecule has 158 valence electrons. The van der Waals surface area contributed by atoms with E-state index in [4.69, 9.17) is 9.47 Å². The Bertz CT molecular complexity index is 841. The Morgan fingerprint density at radius 1 is 1.21 bits per heavy atom. The first-order valence-corrected chi connectivity index (χ1v) is 10.3. The summed E-state index contributed by atoms with van der Waals surface area (Å²) < 4.78 is 11.3. The topological polar surface area (TPSA) is 84.5 Å². The van der Waals surface area contributed by atoms with Crippen molar-refractivity contribution in [2.75, 3.05) is 13.7 Å². The minimum Gasteiger partial charge on any atom is -0.469 e. The van der Waals surface area contributed by atoms with Crippen molar-refractivity contribution in [3.63, 3.8) is 0 Å². The van der Waals surface area contributed by atoms with Gasteiger partial charge in [0, 0.05) is 16.6 Å². The molecule has 1 N–H and O–H groups in total. The highest BCUT2D eigenvalue weighted by atomic mass is 79.9. The minimum atomic E-state index is -0.579. The van der Waals surface area contributed by atoms with Crippen LogP contribution in [0.15, 0.2) is 28.7 Å². The molecule has 29 heavy (non-hydrogen) atoms. The summed E-state index contributed by atoms with van der Waals surface area (Å²) in [5.41, 5.74) is 1.60. The zero-order valence-electron chi connectivity index (χ0n) is 17.5. The maximum absolute atomic E-state index is 12.6. The third-order valence-electron chi connectivity index (χ3n) is 3.98. The van der Waals surface area contributed by atoms with Gasteiger partial charge in [0.05, 0.1) is 31.5 Å². The van der Waals surface area contributed by atoms with E-state index in [1.807, 2.05) is 52.0 Å². The largest absolute Gasteiger partial charge is 0.469 e. The highest BCUT2D eigenvalue weighted by Crippen LogP contribution is 2.25. The number of carbonyl (C=O) groups is 2.